The number of nitrogens with one attached hydrogen (secondary N) is 2. The summed E-state index contributed by atoms with van der Waals surface area (Å²) in [6.45, 7) is 3.32. The van der Waals surface area contributed by atoms with Gasteiger partial charge in [0.15, 0.2) is 0 Å². The third-order valence-electron chi connectivity index (χ3n) is 5.50. The van der Waals surface area contributed by atoms with Gasteiger partial charge < -0.3 is 20.0 Å². The SMILES string of the molecule is CCc1cc(C(=O)O)c(=O)[nH]c1-c1ccc2c(c1)cc(CNCc1ccccn1)n2C. The molecule has 0 atom stereocenters. The number of aryl methyl sites for hydroxylation is 2. The average Bonchev–Trinajstić information content (AvgIpc) is 3.09. The Morgan fingerprint density at radius 2 is 2.00 bits per heavy atom. The van der Waals surface area contributed by atoms with E-state index in [4.69, 9.17) is 0 Å². The van der Waals surface area contributed by atoms with E-state index in [-0.39, 0.29) is 5.56 Å². The van der Waals surface area contributed by atoms with Crippen LogP contribution in [-0.2, 0) is 26.6 Å². The first kappa shape index (κ1) is 20.6. The molecule has 4 rings (SSSR count). The zero-order chi connectivity index (χ0) is 22.0. The predicted octanol–water partition coefficient (Wildman–Crippen LogP) is 3.48. The molecule has 31 heavy (non-hydrogen) atoms. The Bertz CT molecular complexity index is 1310. The van der Waals surface area contributed by atoms with Crippen LogP contribution in [0.1, 0.15) is 34.2 Å². The van der Waals surface area contributed by atoms with Crippen LogP contribution in [0.2, 0.25) is 0 Å². The van der Waals surface area contributed by atoms with Crippen molar-refractivity contribution in [2.75, 3.05) is 0 Å². The van der Waals surface area contributed by atoms with E-state index < -0.39 is 11.5 Å². The lowest BCUT2D eigenvalue weighted by molar-refractivity contribution is 0.0695. The smallest absolute Gasteiger partial charge is 0.341 e. The number of carbonyl (C=O) groups is 1. The fraction of sp³-hybridized carbons (Fsp3) is 0.208. The summed E-state index contributed by atoms with van der Waals surface area (Å²) in [6, 6.07) is 15.5. The first-order valence-electron chi connectivity index (χ1n) is 10.2. The van der Waals surface area contributed by atoms with Gasteiger partial charge in [-0.05, 0) is 53.9 Å². The van der Waals surface area contributed by atoms with E-state index in [9.17, 15) is 14.7 Å². The molecule has 7 nitrogen and oxygen atoms in total. The quantitative estimate of drug-likeness (QED) is 0.428. The maximum atomic E-state index is 12.2. The lowest BCUT2D eigenvalue weighted by atomic mass is 10.0. The molecule has 3 heterocycles. The summed E-state index contributed by atoms with van der Waals surface area (Å²) in [4.78, 5) is 30.6. The van der Waals surface area contributed by atoms with Crippen molar-refractivity contribution in [2.45, 2.75) is 26.4 Å². The minimum atomic E-state index is -1.22. The summed E-state index contributed by atoms with van der Waals surface area (Å²) >= 11 is 0. The molecule has 1 aromatic carbocycles. The zero-order valence-electron chi connectivity index (χ0n) is 17.5. The summed E-state index contributed by atoms with van der Waals surface area (Å²) < 4.78 is 2.14. The van der Waals surface area contributed by atoms with Crippen LogP contribution < -0.4 is 10.9 Å². The topological polar surface area (TPSA) is 100 Å². The molecule has 7 heteroatoms. The van der Waals surface area contributed by atoms with Gasteiger partial charge in [0, 0.05) is 42.9 Å². The largest absolute Gasteiger partial charge is 0.477 e. The molecule has 4 aromatic rings. The minimum absolute atomic E-state index is 0.234. The molecule has 0 fully saturated rings. The molecule has 0 aliphatic heterocycles. The number of rotatable bonds is 7. The van der Waals surface area contributed by atoms with E-state index in [1.165, 1.54) is 6.07 Å². The maximum Gasteiger partial charge on any atom is 0.341 e. The molecule has 0 unspecified atom stereocenters. The molecule has 0 bridgehead atoms. The molecule has 0 radical (unpaired) electrons. The lowest BCUT2D eigenvalue weighted by Crippen LogP contribution is -2.19. The van der Waals surface area contributed by atoms with Crippen LogP contribution in [0, 0.1) is 0 Å². The van der Waals surface area contributed by atoms with Gasteiger partial charge in [-0.25, -0.2) is 4.79 Å². The number of H-pyrrole nitrogens is 1. The molecule has 0 amide bonds. The highest BCUT2D eigenvalue weighted by Gasteiger charge is 2.15. The highest BCUT2D eigenvalue weighted by Crippen LogP contribution is 2.27. The Morgan fingerprint density at radius 1 is 1.16 bits per heavy atom. The number of carboxylic acid groups (broad SMARTS) is 1. The number of fused-ring (bicyclic) bond motifs is 1. The summed E-state index contributed by atoms with van der Waals surface area (Å²) in [7, 11) is 2.03. The van der Waals surface area contributed by atoms with E-state index >= 15 is 0 Å². The molecule has 0 saturated heterocycles. The molecule has 3 N–H and O–H groups in total. The first-order chi connectivity index (χ1) is 15.0. The Hall–Kier alpha value is -3.71. The summed E-state index contributed by atoms with van der Waals surface area (Å²) in [5.74, 6) is -1.22. The average molecular weight is 416 g/mol. The third kappa shape index (κ3) is 4.13. The van der Waals surface area contributed by atoms with Crippen molar-refractivity contribution in [1.29, 1.82) is 0 Å². The number of aromatic nitrogens is 3. The van der Waals surface area contributed by atoms with Crippen LogP contribution in [0.3, 0.4) is 0 Å². The van der Waals surface area contributed by atoms with Gasteiger partial charge in [0.05, 0.1) is 11.4 Å². The number of benzene rings is 1. The predicted molar refractivity (Wildman–Crippen MR) is 120 cm³/mol. The summed E-state index contributed by atoms with van der Waals surface area (Å²) in [6.07, 6.45) is 2.40. The number of nitrogens with zero attached hydrogens (tertiary/aromatic N) is 2. The highest BCUT2D eigenvalue weighted by atomic mass is 16.4. The van der Waals surface area contributed by atoms with E-state index in [1.807, 2.05) is 50.4 Å². The molecule has 158 valence electrons. The van der Waals surface area contributed by atoms with Gasteiger partial charge in [-0.2, -0.15) is 0 Å². The second-order valence-corrected chi connectivity index (χ2v) is 7.46. The standard InChI is InChI=1S/C24H24N4O3/c1-3-15-12-20(24(30)31)23(29)27-22(15)16-7-8-21-17(10-16)11-19(28(21)2)14-25-13-18-6-4-5-9-26-18/h4-12,25H,3,13-14H2,1-2H3,(H,27,29)(H,30,31). The third-order valence-corrected chi connectivity index (χ3v) is 5.50. The van der Waals surface area contributed by atoms with Gasteiger partial charge in [0.1, 0.15) is 5.56 Å². The van der Waals surface area contributed by atoms with Crippen molar-refractivity contribution in [3.8, 4) is 11.3 Å². The first-order valence-corrected chi connectivity index (χ1v) is 10.2. The van der Waals surface area contributed by atoms with Gasteiger partial charge in [0.25, 0.3) is 5.56 Å². The van der Waals surface area contributed by atoms with Crippen molar-refractivity contribution < 1.29 is 9.90 Å². The van der Waals surface area contributed by atoms with Gasteiger partial charge in [-0.1, -0.05) is 19.1 Å². The highest BCUT2D eigenvalue weighted by molar-refractivity contribution is 5.89. The molecule has 0 aliphatic rings. The van der Waals surface area contributed by atoms with Crippen molar-refractivity contribution in [3.63, 3.8) is 0 Å². The van der Waals surface area contributed by atoms with Crippen LogP contribution in [-0.4, -0.2) is 25.6 Å². The van der Waals surface area contributed by atoms with Crippen molar-refractivity contribution >= 4 is 16.9 Å². The number of aromatic amines is 1. The van der Waals surface area contributed by atoms with Gasteiger partial charge in [-0.3, -0.25) is 9.78 Å². The lowest BCUT2D eigenvalue weighted by Gasteiger charge is -2.10. The number of pyridine rings is 2. The zero-order valence-corrected chi connectivity index (χ0v) is 17.5. The fourth-order valence-corrected chi connectivity index (χ4v) is 3.82. The van der Waals surface area contributed by atoms with E-state index in [0.717, 1.165) is 33.4 Å². The van der Waals surface area contributed by atoms with E-state index in [2.05, 4.69) is 25.9 Å². The van der Waals surface area contributed by atoms with Crippen LogP contribution in [0.5, 0.6) is 0 Å². The molecular formula is C24H24N4O3. The number of aromatic carboxylic acids is 1. The fourth-order valence-electron chi connectivity index (χ4n) is 3.82. The molecule has 0 aliphatic carbocycles. The normalized spacial score (nSPS) is 11.2. The molecule has 0 spiro atoms. The van der Waals surface area contributed by atoms with Crippen molar-refractivity contribution in [1.82, 2.24) is 19.9 Å². The Morgan fingerprint density at radius 3 is 2.71 bits per heavy atom. The van der Waals surface area contributed by atoms with E-state index in [0.29, 0.717) is 25.2 Å². The van der Waals surface area contributed by atoms with Gasteiger partial charge in [0.2, 0.25) is 0 Å². The molecule has 3 aromatic heterocycles. The molecule has 0 saturated carbocycles. The molecular weight excluding hydrogens is 392 g/mol. The number of hydrogen-bond acceptors (Lipinski definition) is 4. The second-order valence-electron chi connectivity index (χ2n) is 7.46. The van der Waals surface area contributed by atoms with Crippen molar-refractivity contribution in [2.24, 2.45) is 7.05 Å². The van der Waals surface area contributed by atoms with Crippen LogP contribution >= 0.6 is 0 Å². The van der Waals surface area contributed by atoms with Crippen LogP contribution in [0.4, 0.5) is 0 Å². The summed E-state index contributed by atoms with van der Waals surface area (Å²) in [5.41, 5.74) is 4.70. The van der Waals surface area contributed by atoms with Gasteiger partial charge in [-0.15, -0.1) is 0 Å². The maximum absolute atomic E-state index is 12.2. The monoisotopic (exact) mass is 416 g/mol. The number of carboxylic acids is 1. The summed E-state index contributed by atoms with van der Waals surface area (Å²) in [5, 5.41) is 13.7. The second kappa shape index (κ2) is 8.57. The van der Waals surface area contributed by atoms with Crippen LogP contribution in [0.15, 0.2) is 59.5 Å². The minimum Gasteiger partial charge on any atom is -0.477 e. The van der Waals surface area contributed by atoms with Gasteiger partial charge >= 0.3 is 5.97 Å². The van der Waals surface area contributed by atoms with Crippen molar-refractivity contribution in [3.05, 3.63) is 87.6 Å². The Labute approximate surface area is 179 Å². The number of hydrogen-bond donors (Lipinski definition) is 3. The Kier molecular flexibility index (Phi) is 5.68. The van der Waals surface area contributed by atoms with E-state index in [1.54, 1.807) is 6.20 Å². The Balaban J connectivity index is 1.64. The van der Waals surface area contributed by atoms with Crippen LogP contribution in [0.25, 0.3) is 22.2 Å².